The lowest BCUT2D eigenvalue weighted by Gasteiger charge is -2.38. The molecule has 2 atom stereocenters. The monoisotopic (exact) mass is 277 g/mol. The molecule has 20 heavy (non-hydrogen) atoms. The summed E-state index contributed by atoms with van der Waals surface area (Å²) in [5.41, 5.74) is 3.11. The largest absolute Gasteiger partial charge is 0.396 e. The van der Waals surface area contributed by atoms with Gasteiger partial charge in [-0.15, -0.1) is 0 Å². The summed E-state index contributed by atoms with van der Waals surface area (Å²) in [6.45, 7) is 5.48. The second-order valence-electron chi connectivity index (χ2n) is 6.39. The molecule has 0 heterocycles. The summed E-state index contributed by atoms with van der Waals surface area (Å²) in [4.78, 5) is 0. The van der Waals surface area contributed by atoms with Gasteiger partial charge in [0.15, 0.2) is 0 Å². The minimum Gasteiger partial charge on any atom is -0.396 e. The van der Waals surface area contributed by atoms with Gasteiger partial charge in [-0.25, -0.2) is 0 Å². The Morgan fingerprint density at radius 2 is 2.15 bits per heavy atom. The Morgan fingerprint density at radius 1 is 1.40 bits per heavy atom. The first-order valence-electron chi connectivity index (χ1n) is 7.53. The van der Waals surface area contributed by atoms with Crippen LogP contribution in [0.15, 0.2) is 24.3 Å². The van der Waals surface area contributed by atoms with Crippen molar-refractivity contribution in [3.8, 4) is 0 Å². The minimum atomic E-state index is 0.195. The molecule has 1 aliphatic carbocycles. The van der Waals surface area contributed by atoms with Crippen LogP contribution in [0, 0.1) is 0 Å². The fourth-order valence-corrected chi connectivity index (χ4v) is 3.24. The number of nitrogens with one attached hydrogen (secondary N) is 1. The van der Waals surface area contributed by atoms with E-state index >= 15 is 0 Å². The van der Waals surface area contributed by atoms with E-state index in [0.717, 1.165) is 12.8 Å². The van der Waals surface area contributed by atoms with Crippen LogP contribution in [-0.2, 0) is 10.2 Å². The molecule has 0 bridgehead atoms. The molecule has 1 aliphatic rings. The fourth-order valence-electron chi connectivity index (χ4n) is 3.24. The summed E-state index contributed by atoms with van der Waals surface area (Å²) in [6.07, 6.45) is 3.05. The number of ether oxygens (including phenoxy) is 1. The Hall–Kier alpha value is -0.900. The van der Waals surface area contributed by atoms with Gasteiger partial charge in [0.05, 0.1) is 6.61 Å². The van der Waals surface area contributed by atoms with E-state index in [9.17, 15) is 5.11 Å². The second kappa shape index (κ2) is 6.70. The van der Waals surface area contributed by atoms with Crippen molar-refractivity contribution in [1.82, 2.24) is 5.32 Å². The van der Waals surface area contributed by atoms with Crippen molar-refractivity contribution in [2.45, 2.75) is 50.6 Å². The van der Waals surface area contributed by atoms with Crippen molar-refractivity contribution < 1.29 is 9.84 Å². The molecular formula is C17H27NO2. The molecule has 1 aromatic rings. The van der Waals surface area contributed by atoms with Crippen LogP contribution in [0.1, 0.15) is 50.3 Å². The third-order valence-corrected chi connectivity index (χ3v) is 4.41. The number of hydrogen-bond acceptors (Lipinski definition) is 3. The summed E-state index contributed by atoms with van der Waals surface area (Å²) < 4.78 is 5.25. The molecule has 0 fully saturated rings. The van der Waals surface area contributed by atoms with Crippen LogP contribution in [-0.4, -0.2) is 31.5 Å². The van der Waals surface area contributed by atoms with Crippen LogP contribution in [0.25, 0.3) is 0 Å². The first-order valence-corrected chi connectivity index (χ1v) is 7.53. The van der Waals surface area contributed by atoms with Crippen molar-refractivity contribution in [3.63, 3.8) is 0 Å². The van der Waals surface area contributed by atoms with Gasteiger partial charge in [0.2, 0.25) is 0 Å². The molecule has 112 valence electrons. The lowest BCUT2D eigenvalue weighted by molar-refractivity contribution is 0.139. The van der Waals surface area contributed by atoms with Crippen LogP contribution in [0.3, 0.4) is 0 Å². The summed E-state index contributed by atoms with van der Waals surface area (Å²) in [7, 11) is 1.71. The minimum absolute atomic E-state index is 0.195. The van der Waals surface area contributed by atoms with E-state index in [1.165, 1.54) is 17.5 Å². The maximum absolute atomic E-state index is 9.18. The molecule has 2 unspecified atom stereocenters. The number of aliphatic hydroxyl groups excluding tert-OH is 1. The van der Waals surface area contributed by atoms with Crippen LogP contribution in [0.4, 0.5) is 0 Å². The first-order chi connectivity index (χ1) is 9.58. The zero-order chi connectivity index (χ0) is 14.6. The number of hydrogen-bond donors (Lipinski definition) is 2. The predicted octanol–water partition coefficient (Wildman–Crippen LogP) is 2.79. The summed E-state index contributed by atoms with van der Waals surface area (Å²) in [5.74, 6) is 0. The Morgan fingerprint density at radius 3 is 2.85 bits per heavy atom. The highest BCUT2D eigenvalue weighted by atomic mass is 16.5. The number of benzene rings is 1. The first kappa shape index (κ1) is 15.5. The van der Waals surface area contributed by atoms with Crippen molar-refractivity contribution in [1.29, 1.82) is 0 Å². The molecule has 3 nitrogen and oxygen atoms in total. The number of aliphatic hydroxyl groups is 1. The second-order valence-corrected chi connectivity index (χ2v) is 6.39. The topological polar surface area (TPSA) is 41.5 Å². The molecule has 0 radical (unpaired) electrons. The molecule has 2 N–H and O–H groups in total. The quantitative estimate of drug-likeness (QED) is 0.840. The lowest BCUT2D eigenvalue weighted by atomic mass is 9.71. The molecule has 2 rings (SSSR count). The third-order valence-electron chi connectivity index (χ3n) is 4.41. The maximum atomic E-state index is 9.18. The van der Waals surface area contributed by atoms with E-state index in [0.29, 0.717) is 12.6 Å². The molecule has 0 saturated heterocycles. The highest BCUT2D eigenvalue weighted by Gasteiger charge is 2.32. The average Bonchev–Trinajstić information content (AvgIpc) is 2.43. The van der Waals surface area contributed by atoms with Crippen LogP contribution in [0.2, 0.25) is 0 Å². The van der Waals surface area contributed by atoms with Gasteiger partial charge < -0.3 is 15.2 Å². The molecule has 0 aliphatic heterocycles. The average molecular weight is 277 g/mol. The smallest absolute Gasteiger partial charge is 0.0616 e. The van der Waals surface area contributed by atoms with E-state index in [4.69, 9.17) is 4.74 Å². The van der Waals surface area contributed by atoms with Crippen LogP contribution in [0.5, 0.6) is 0 Å². The van der Waals surface area contributed by atoms with Crippen molar-refractivity contribution >= 4 is 0 Å². The summed E-state index contributed by atoms with van der Waals surface area (Å²) in [6, 6.07) is 9.31. The zero-order valence-corrected chi connectivity index (χ0v) is 12.9. The Kier molecular flexibility index (Phi) is 5.19. The molecule has 0 aromatic heterocycles. The maximum Gasteiger partial charge on any atom is 0.0616 e. The van der Waals surface area contributed by atoms with Crippen LogP contribution < -0.4 is 5.32 Å². The van der Waals surface area contributed by atoms with Gasteiger partial charge in [-0.05, 0) is 35.8 Å². The van der Waals surface area contributed by atoms with Gasteiger partial charge >= 0.3 is 0 Å². The van der Waals surface area contributed by atoms with Crippen LogP contribution >= 0.6 is 0 Å². The summed E-state index contributed by atoms with van der Waals surface area (Å²) >= 11 is 0. The van der Waals surface area contributed by atoms with Gasteiger partial charge in [0.1, 0.15) is 0 Å². The number of methoxy groups -OCH3 is 1. The molecule has 3 heteroatoms. The Labute approximate surface area is 122 Å². The highest BCUT2D eigenvalue weighted by Crippen LogP contribution is 2.41. The summed E-state index contributed by atoms with van der Waals surface area (Å²) in [5, 5.41) is 12.8. The van der Waals surface area contributed by atoms with Gasteiger partial charge in [-0.1, -0.05) is 38.1 Å². The van der Waals surface area contributed by atoms with Gasteiger partial charge in [0, 0.05) is 25.8 Å². The van der Waals surface area contributed by atoms with E-state index in [-0.39, 0.29) is 18.1 Å². The zero-order valence-electron chi connectivity index (χ0n) is 12.9. The molecule has 0 amide bonds. The van der Waals surface area contributed by atoms with E-state index in [1.54, 1.807) is 7.11 Å². The molecule has 0 spiro atoms. The lowest BCUT2D eigenvalue weighted by Crippen LogP contribution is -2.40. The van der Waals surface area contributed by atoms with Gasteiger partial charge in [-0.2, -0.15) is 0 Å². The number of fused-ring (bicyclic) bond motifs is 1. The SMILES string of the molecule is COCC(CCO)NC1CCC(C)(C)c2ccccc21. The van der Waals surface area contributed by atoms with Crippen molar-refractivity contribution in [3.05, 3.63) is 35.4 Å². The Balaban J connectivity index is 2.17. The number of rotatable bonds is 6. The van der Waals surface area contributed by atoms with Crippen molar-refractivity contribution in [2.24, 2.45) is 0 Å². The van der Waals surface area contributed by atoms with Crippen molar-refractivity contribution in [2.75, 3.05) is 20.3 Å². The standard InChI is InChI=1S/C17H27NO2/c1-17(2)10-8-16(14-6-4-5-7-15(14)17)18-13(9-11-19)12-20-3/h4-7,13,16,18-19H,8-12H2,1-3H3. The van der Waals surface area contributed by atoms with Gasteiger partial charge in [-0.3, -0.25) is 0 Å². The van der Waals surface area contributed by atoms with E-state index in [1.807, 2.05) is 0 Å². The Bertz CT molecular complexity index is 425. The molecule has 1 aromatic carbocycles. The highest BCUT2D eigenvalue weighted by molar-refractivity contribution is 5.38. The predicted molar refractivity (Wildman–Crippen MR) is 81.9 cm³/mol. The van der Waals surface area contributed by atoms with E-state index < -0.39 is 0 Å². The third kappa shape index (κ3) is 3.40. The fraction of sp³-hybridized carbons (Fsp3) is 0.647. The van der Waals surface area contributed by atoms with Gasteiger partial charge in [0.25, 0.3) is 0 Å². The molecule has 0 saturated carbocycles. The van der Waals surface area contributed by atoms with E-state index in [2.05, 4.69) is 43.4 Å². The normalized spacial score (nSPS) is 22.3. The molecular weight excluding hydrogens is 250 g/mol.